The van der Waals surface area contributed by atoms with Crippen molar-refractivity contribution >= 4 is 39.5 Å². The summed E-state index contributed by atoms with van der Waals surface area (Å²) < 4.78 is 68.6. The number of phosphoric ester groups is 2. The monoisotopic (exact) mass is 1520 g/mol. The predicted octanol–water partition coefficient (Wildman–Crippen LogP) is 24.0. The first-order chi connectivity index (χ1) is 51.7. The lowest BCUT2D eigenvalue weighted by molar-refractivity contribution is -0.161. The van der Waals surface area contributed by atoms with Crippen molar-refractivity contribution in [3.05, 3.63) is 158 Å². The number of rotatable bonds is 75. The van der Waals surface area contributed by atoms with E-state index >= 15 is 0 Å². The van der Waals surface area contributed by atoms with E-state index in [4.69, 9.17) is 37.0 Å². The van der Waals surface area contributed by atoms with Crippen LogP contribution in [0.3, 0.4) is 0 Å². The fraction of sp³-hybridized carbons (Fsp3) is 0.655. The maximum Gasteiger partial charge on any atom is 0.472 e. The molecule has 3 N–H and O–H groups in total. The molecule has 0 aromatic heterocycles. The highest BCUT2D eigenvalue weighted by Crippen LogP contribution is 2.45. The van der Waals surface area contributed by atoms with Crippen LogP contribution in [-0.4, -0.2) is 96.7 Å². The first-order valence-electron chi connectivity index (χ1n) is 40.7. The van der Waals surface area contributed by atoms with Crippen LogP contribution in [0.1, 0.15) is 310 Å². The lowest BCUT2D eigenvalue weighted by Crippen LogP contribution is -2.30. The molecule has 5 atom stereocenters. The SMILES string of the molecule is CC/C=C\C/C=C\C/C=C\C/C=C\C/C=C\CCCCCC(=O)OCC(COP(=O)(O)OCC(O)COP(=O)(O)OCC(COC(=O)CCCCCC/C=C\C/C=C\C/C=C\C/C=C\CC)OC(=O)CCCCCCC/C=C\C/C=C\C/C=C\CC)OC(=O)CCCCCCC/C=C\CCCCCCCC. The van der Waals surface area contributed by atoms with Gasteiger partial charge in [-0.1, -0.05) is 276 Å². The zero-order valence-corrected chi connectivity index (χ0v) is 67.8. The van der Waals surface area contributed by atoms with Crippen LogP contribution in [0.5, 0.6) is 0 Å². The summed E-state index contributed by atoms with van der Waals surface area (Å²) >= 11 is 0. The number of unbranched alkanes of at least 4 members (excludes halogenated alkanes) is 23. The van der Waals surface area contributed by atoms with Gasteiger partial charge in [-0.3, -0.25) is 37.3 Å². The summed E-state index contributed by atoms with van der Waals surface area (Å²) in [5, 5.41) is 10.7. The summed E-state index contributed by atoms with van der Waals surface area (Å²) in [7, 11) is -9.99. The average Bonchev–Trinajstić information content (AvgIpc) is 0.909. The average molecular weight is 1520 g/mol. The number of allylic oxidation sites excluding steroid dienone is 26. The molecule has 0 spiro atoms. The van der Waals surface area contributed by atoms with E-state index in [-0.39, 0.29) is 25.7 Å². The molecule has 19 heteroatoms. The van der Waals surface area contributed by atoms with Gasteiger partial charge in [0.15, 0.2) is 12.2 Å². The third-order valence-electron chi connectivity index (χ3n) is 16.5. The van der Waals surface area contributed by atoms with Crippen molar-refractivity contribution in [3.63, 3.8) is 0 Å². The van der Waals surface area contributed by atoms with E-state index in [9.17, 15) is 43.2 Å². The molecule has 0 aliphatic heterocycles. The van der Waals surface area contributed by atoms with Crippen LogP contribution in [0.15, 0.2) is 158 Å². The minimum absolute atomic E-state index is 0.0642. The number of aliphatic hydroxyl groups excluding tert-OH is 1. The summed E-state index contributed by atoms with van der Waals surface area (Å²) in [4.78, 5) is 73.1. The van der Waals surface area contributed by atoms with Crippen LogP contribution in [0.4, 0.5) is 0 Å². The normalized spacial score (nSPS) is 14.7. The Morgan fingerprint density at radius 3 is 0.774 bits per heavy atom. The molecule has 0 saturated carbocycles. The fourth-order valence-electron chi connectivity index (χ4n) is 10.4. The molecule has 0 aliphatic carbocycles. The van der Waals surface area contributed by atoms with Gasteiger partial charge in [0.05, 0.1) is 26.4 Å². The smallest absolute Gasteiger partial charge is 0.462 e. The fourth-order valence-corrected chi connectivity index (χ4v) is 11.9. The summed E-state index contributed by atoms with van der Waals surface area (Å²) in [6.45, 7) is 4.44. The van der Waals surface area contributed by atoms with Crippen LogP contribution in [0, 0.1) is 0 Å². The van der Waals surface area contributed by atoms with Crippen molar-refractivity contribution in [1.82, 2.24) is 0 Å². The molecule has 106 heavy (non-hydrogen) atoms. The third-order valence-corrected chi connectivity index (χ3v) is 18.4. The highest BCUT2D eigenvalue weighted by atomic mass is 31.2. The second-order valence-electron chi connectivity index (χ2n) is 26.6. The number of ether oxygens (including phenoxy) is 4. The van der Waals surface area contributed by atoms with Crippen LogP contribution in [0.2, 0.25) is 0 Å². The van der Waals surface area contributed by atoms with Gasteiger partial charge in [-0.15, -0.1) is 0 Å². The highest BCUT2D eigenvalue weighted by Gasteiger charge is 2.30. The number of phosphoric acid groups is 2. The van der Waals surface area contributed by atoms with Gasteiger partial charge in [0.1, 0.15) is 19.3 Å². The van der Waals surface area contributed by atoms with Crippen molar-refractivity contribution in [1.29, 1.82) is 0 Å². The van der Waals surface area contributed by atoms with Crippen LogP contribution in [-0.2, 0) is 65.4 Å². The lowest BCUT2D eigenvalue weighted by atomic mass is 10.1. The van der Waals surface area contributed by atoms with Gasteiger partial charge in [-0.25, -0.2) is 9.13 Å². The molecular weight excluding hydrogens is 1380 g/mol. The van der Waals surface area contributed by atoms with E-state index in [2.05, 4.69) is 186 Å². The van der Waals surface area contributed by atoms with Crippen molar-refractivity contribution in [3.8, 4) is 0 Å². The Hall–Kier alpha value is -5.32. The second kappa shape index (κ2) is 77.8. The predicted molar refractivity (Wildman–Crippen MR) is 436 cm³/mol. The van der Waals surface area contributed by atoms with Gasteiger partial charge in [0.25, 0.3) is 0 Å². The standard InChI is InChI=1S/C87H144O17P2/c1-5-9-13-17-21-25-29-33-37-39-40-42-46-48-52-56-60-64-68-72-85(90)98-78-83(104-87(92)74-70-66-62-58-54-50-44-36-32-28-24-20-16-12-8-4)80-102-106(95,96)100-76-81(88)75-99-105(93,94)101-79-82(103-86(91)73-69-65-61-57-53-49-43-35-31-27-23-19-15-11-7-3)77-97-84(89)71-67-63-59-55-51-47-45-41-38-34-30-26-22-18-14-10-6-2/h9-11,13-15,21-23,25-27,33-38,40,42-45,47-48,52,81-83,88H,5-8,12,16-20,24,28-32,39,41,46,49-51,53-80H2,1-4H3,(H,93,94)(H,95,96)/b13-9-,14-10-,15-11-,25-21-,26-22-,27-23-,37-33-,38-34-,42-40-,43-35-,44-36-,47-45-,52-48-. The number of aliphatic hydroxyl groups is 1. The molecule has 0 fully saturated rings. The van der Waals surface area contributed by atoms with Gasteiger partial charge in [-0.05, 0) is 167 Å². The van der Waals surface area contributed by atoms with Gasteiger partial charge in [0.2, 0.25) is 0 Å². The molecule has 5 unspecified atom stereocenters. The maximum atomic E-state index is 13.1. The minimum Gasteiger partial charge on any atom is -0.462 e. The molecule has 0 bridgehead atoms. The second-order valence-corrected chi connectivity index (χ2v) is 29.5. The van der Waals surface area contributed by atoms with Crippen molar-refractivity contribution in [2.45, 2.75) is 329 Å². The summed E-state index contributed by atoms with van der Waals surface area (Å²) in [5.74, 6) is -2.27. The molecule has 0 heterocycles. The van der Waals surface area contributed by atoms with E-state index < -0.39 is 97.5 Å². The van der Waals surface area contributed by atoms with Crippen LogP contribution in [0.25, 0.3) is 0 Å². The summed E-state index contributed by atoms with van der Waals surface area (Å²) in [6.07, 6.45) is 90.7. The summed E-state index contributed by atoms with van der Waals surface area (Å²) in [5.41, 5.74) is 0. The topological polar surface area (TPSA) is 237 Å². The third kappa shape index (κ3) is 76.9. The molecule has 0 saturated heterocycles. The molecule has 0 radical (unpaired) electrons. The number of carbonyl (C=O) groups is 4. The molecule has 0 amide bonds. The minimum atomic E-state index is -5.00. The van der Waals surface area contributed by atoms with E-state index in [0.29, 0.717) is 25.7 Å². The molecule has 0 aromatic carbocycles. The number of hydrogen-bond acceptors (Lipinski definition) is 15. The Bertz CT molecular complexity index is 2630. The molecule has 0 aromatic rings. The Balaban J connectivity index is 5.45. The highest BCUT2D eigenvalue weighted by molar-refractivity contribution is 7.47. The number of esters is 4. The zero-order chi connectivity index (χ0) is 77.4. The lowest BCUT2D eigenvalue weighted by Gasteiger charge is -2.21. The Labute approximate surface area is 642 Å². The maximum absolute atomic E-state index is 13.1. The van der Waals surface area contributed by atoms with E-state index in [0.717, 1.165) is 193 Å². The Morgan fingerprint density at radius 1 is 0.274 bits per heavy atom. The van der Waals surface area contributed by atoms with Gasteiger partial charge < -0.3 is 33.8 Å². The molecule has 604 valence electrons. The molecule has 0 aliphatic rings. The van der Waals surface area contributed by atoms with E-state index in [1.54, 1.807) is 0 Å². The first kappa shape index (κ1) is 101. The first-order valence-corrected chi connectivity index (χ1v) is 43.7. The van der Waals surface area contributed by atoms with Gasteiger partial charge in [0, 0.05) is 25.7 Å². The van der Waals surface area contributed by atoms with Gasteiger partial charge >= 0.3 is 39.5 Å². The molecular formula is C87H144O17P2. The Morgan fingerprint density at radius 2 is 0.491 bits per heavy atom. The summed E-state index contributed by atoms with van der Waals surface area (Å²) in [6, 6.07) is 0. The van der Waals surface area contributed by atoms with E-state index in [1.807, 2.05) is 0 Å². The van der Waals surface area contributed by atoms with Gasteiger partial charge in [-0.2, -0.15) is 0 Å². The van der Waals surface area contributed by atoms with E-state index in [1.165, 1.54) is 38.5 Å². The zero-order valence-electron chi connectivity index (χ0n) is 66.1. The largest absolute Gasteiger partial charge is 0.472 e. The van der Waals surface area contributed by atoms with Crippen molar-refractivity contribution in [2.24, 2.45) is 0 Å². The quantitative estimate of drug-likeness (QED) is 0.0169. The van der Waals surface area contributed by atoms with Crippen molar-refractivity contribution in [2.75, 3.05) is 39.6 Å². The van der Waals surface area contributed by atoms with Crippen LogP contribution >= 0.6 is 15.6 Å². The number of hydrogen-bond donors (Lipinski definition) is 3. The number of carbonyl (C=O) groups excluding carboxylic acids is 4. The molecule has 0 rings (SSSR count). The molecule has 17 nitrogen and oxygen atoms in total. The Kier molecular flexibility index (Phi) is 73.9. The van der Waals surface area contributed by atoms with Crippen molar-refractivity contribution < 1.29 is 80.2 Å². The van der Waals surface area contributed by atoms with Crippen LogP contribution < -0.4 is 0 Å².